The van der Waals surface area contributed by atoms with E-state index in [4.69, 9.17) is 4.11 Å². The van der Waals surface area contributed by atoms with Gasteiger partial charge in [0.25, 0.3) is 0 Å². The number of aryl methyl sites for hydroxylation is 11. The highest BCUT2D eigenvalue weighted by atomic mass is 14.9. The zero-order chi connectivity index (χ0) is 57.5. The summed E-state index contributed by atoms with van der Waals surface area (Å²) < 4.78 is 33.8. The molecule has 4 heterocycles. The van der Waals surface area contributed by atoms with E-state index in [1.807, 2.05) is 66.9 Å². The Morgan fingerprint density at radius 3 is 1.08 bits per heavy atom. The van der Waals surface area contributed by atoms with Gasteiger partial charge in [-0.1, -0.05) is 142 Å². The lowest BCUT2D eigenvalue weighted by atomic mass is 9.90. The Morgan fingerprint density at radius 1 is 0.311 bits per heavy atom. The van der Waals surface area contributed by atoms with Gasteiger partial charge in [0.15, 0.2) is 24.8 Å². The highest BCUT2D eigenvalue weighted by molar-refractivity contribution is 5.64. The number of nitrogens with zero attached hydrogens (tertiary/aromatic N) is 4. The molecule has 4 heteroatoms. The van der Waals surface area contributed by atoms with Crippen LogP contribution in [-0.2, 0) is 28.2 Å². The second kappa shape index (κ2) is 26.1. The van der Waals surface area contributed by atoms with Crippen LogP contribution in [0.3, 0.4) is 0 Å². The number of hydrogen-bond acceptors (Lipinski definition) is 0. The first-order valence-electron chi connectivity index (χ1n) is 28.1. The monoisotopic (exact) mass is 992 g/mol. The van der Waals surface area contributed by atoms with Crippen molar-refractivity contribution in [3.8, 4) is 45.0 Å². The molecule has 388 valence electrons. The van der Waals surface area contributed by atoms with Crippen LogP contribution in [0.25, 0.3) is 45.0 Å². The van der Waals surface area contributed by atoms with E-state index >= 15 is 0 Å². The van der Waals surface area contributed by atoms with Crippen molar-refractivity contribution >= 4 is 0 Å². The van der Waals surface area contributed by atoms with Crippen molar-refractivity contribution in [1.29, 1.82) is 0 Å². The normalized spacial score (nSPS) is 12.1. The molecule has 0 aliphatic heterocycles. The summed E-state index contributed by atoms with van der Waals surface area (Å²) in [4.78, 5) is 0. The topological polar surface area (TPSA) is 15.5 Å². The molecule has 0 amide bonds. The van der Waals surface area contributed by atoms with Crippen molar-refractivity contribution in [2.24, 2.45) is 28.2 Å². The summed E-state index contributed by atoms with van der Waals surface area (Å²) in [5, 5.41) is 0. The third-order valence-corrected chi connectivity index (χ3v) is 14.3. The molecule has 8 rings (SSSR count). The van der Waals surface area contributed by atoms with Gasteiger partial charge >= 0.3 is 0 Å². The molecule has 4 aromatic heterocycles. The maximum Gasteiger partial charge on any atom is 0.212 e. The Kier molecular flexibility index (Phi) is 19.0. The van der Waals surface area contributed by atoms with Crippen LogP contribution in [0.15, 0.2) is 146 Å². The number of pyridine rings is 4. The van der Waals surface area contributed by atoms with Gasteiger partial charge in [0, 0.05) is 72.9 Å². The van der Waals surface area contributed by atoms with Gasteiger partial charge < -0.3 is 0 Å². The molecule has 0 aliphatic carbocycles. The first kappa shape index (κ1) is 53.8. The molecule has 0 N–H and O–H groups in total. The lowest BCUT2D eigenvalue weighted by Gasteiger charge is -2.16. The smallest absolute Gasteiger partial charge is 0.201 e. The average molecular weight is 993 g/mol. The number of aromatic nitrogens is 4. The minimum absolute atomic E-state index is 0.563. The summed E-state index contributed by atoms with van der Waals surface area (Å²) in [5.74, 6) is -0.882. The second-order valence-corrected chi connectivity index (χ2v) is 21.9. The fraction of sp³-hybridized carbons (Fsp3) is 0.371. The van der Waals surface area contributed by atoms with Crippen molar-refractivity contribution in [3.05, 3.63) is 213 Å². The zero-order valence-corrected chi connectivity index (χ0v) is 49.3. The maximum atomic E-state index is 8.48. The molecule has 0 bridgehead atoms. The summed E-state index contributed by atoms with van der Waals surface area (Å²) in [7, 11) is 8.32. The summed E-state index contributed by atoms with van der Waals surface area (Å²) >= 11 is 0. The van der Waals surface area contributed by atoms with Gasteiger partial charge in [-0.2, -0.15) is 0 Å². The van der Waals surface area contributed by atoms with Crippen LogP contribution in [0.4, 0.5) is 0 Å². The van der Waals surface area contributed by atoms with E-state index in [0.717, 1.165) is 22.4 Å². The Labute approximate surface area is 453 Å². The van der Waals surface area contributed by atoms with E-state index in [1.54, 1.807) is 0 Å². The zero-order valence-electron chi connectivity index (χ0n) is 52.3. The van der Waals surface area contributed by atoms with Crippen molar-refractivity contribution in [1.82, 2.24) is 0 Å². The molecule has 0 saturated heterocycles. The van der Waals surface area contributed by atoms with Crippen LogP contribution in [0.1, 0.15) is 170 Å². The molecule has 0 unspecified atom stereocenters. The summed E-state index contributed by atoms with van der Waals surface area (Å²) in [6.07, 6.45) is 8.60. The molecule has 0 spiro atoms. The van der Waals surface area contributed by atoms with E-state index in [-0.39, 0.29) is 0 Å². The first-order valence-corrected chi connectivity index (χ1v) is 26.6. The van der Waals surface area contributed by atoms with Crippen molar-refractivity contribution < 1.29 is 22.4 Å². The Morgan fingerprint density at radius 2 is 0.689 bits per heavy atom. The maximum absolute atomic E-state index is 8.48. The molecule has 0 aliphatic rings. The predicted octanol–water partition coefficient (Wildman–Crippen LogP) is 16.5. The van der Waals surface area contributed by atoms with Crippen molar-refractivity contribution in [2.75, 3.05) is 0 Å². The van der Waals surface area contributed by atoms with Gasteiger partial charge in [0.2, 0.25) is 22.8 Å². The lowest BCUT2D eigenvalue weighted by molar-refractivity contribution is -0.661. The third-order valence-electron chi connectivity index (χ3n) is 14.3. The SMILES string of the molecule is Cc1ccc(-c2ccc(C(C)C)c[n+]2C)c(C)c1.Cc1ccccc1-c1cc(C)c(C(C)C)c[n+]1C.[2H]C(C)(C)c1c[n+](C)c(-c2ccccc2C)cc1C.[2H]C(C)(C)c1cc(-c2ccccc2C)[n+](C)cc1C([2H])(C)C. The Balaban J connectivity index is 0.000000190. The van der Waals surface area contributed by atoms with Crippen LogP contribution in [0.2, 0.25) is 0 Å². The molecule has 0 fully saturated rings. The first-order chi connectivity index (χ1) is 35.8. The Hall–Kier alpha value is -6.52. The number of benzene rings is 4. The van der Waals surface area contributed by atoms with Crippen molar-refractivity contribution in [3.63, 3.8) is 0 Å². The van der Waals surface area contributed by atoms with E-state index < -0.39 is 17.7 Å². The number of rotatable bonds is 9. The van der Waals surface area contributed by atoms with Crippen molar-refractivity contribution in [2.45, 2.75) is 147 Å². The molecular formula is C70H92N4+4. The highest BCUT2D eigenvalue weighted by Crippen LogP contribution is 2.31. The molecule has 0 radical (unpaired) electrons. The Bertz CT molecular complexity index is 3330. The van der Waals surface area contributed by atoms with Gasteiger partial charge in [-0.25, -0.2) is 18.3 Å². The molecule has 4 aromatic carbocycles. The molecule has 4 nitrogen and oxygen atoms in total. The van der Waals surface area contributed by atoms with E-state index in [2.05, 4.69) is 243 Å². The van der Waals surface area contributed by atoms with Gasteiger partial charge in [0.05, 0.1) is 0 Å². The fourth-order valence-electron chi connectivity index (χ4n) is 9.84. The standard InChI is InChI=1S/C19H26N.3C17H22N/c1-13(2)17-11-19(16-10-8-7-9-15(16)5)20(6)12-18(17)14(3)4;1-12(2)15-7-9-17(18(5)11-15)16-8-6-13(3)10-14(16)4;2*1-12(2)16-11-18(5)17(10-14(16)4)15-9-7-6-8-13(15)3/h7-14H,1-6H3;3*6-12H,1-5H3/q4*+1/i13D,14D;;12D;. The average Bonchev–Trinajstić information content (AvgIpc) is 3.33. The minimum Gasteiger partial charge on any atom is -0.201 e. The number of hydrogen-bond donors (Lipinski definition) is 0. The fourth-order valence-corrected chi connectivity index (χ4v) is 9.84. The summed E-state index contributed by atoms with van der Waals surface area (Å²) in [5.41, 5.74) is 24.6. The highest BCUT2D eigenvalue weighted by Gasteiger charge is 2.22. The molecule has 0 saturated carbocycles. The molecule has 0 atom stereocenters. The predicted molar refractivity (Wildman–Crippen MR) is 316 cm³/mol. The quantitative estimate of drug-likeness (QED) is 0.128. The molecule has 8 aromatic rings. The largest absolute Gasteiger partial charge is 0.212 e. The van der Waals surface area contributed by atoms with Gasteiger partial charge in [-0.05, 0) is 147 Å². The van der Waals surface area contributed by atoms with Crippen LogP contribution >= 0.6 is 0 Å². The van der Waals surface area contributed by atoms with Crippen LogP contribution < -0.4 is 18.3 Å². The van der Waals surface area contributed by atoms with E-state index in [1.165, 1.54) is 89.4 Å². The van der Waals surface area contributed by atoms with Crippen LogP contribution in [0.5, 0.6) is 0 Å². The summed E-state index contributed by atoms with van der Waals surface area (Å²) in [6.45, 7) is 35.4. The summed E-state index contributed by atoms with van der Waals surface area (Å²) in [6, 6.07) is 42.9. The second-order valence-electron chi connectivity index (χ2n) is 21.9. The van der Waals surface area contributed by atoms with E-state index in [9.17, 15) is 0 Å². The lowest BCUT2D eigenvalue weighted by Crippen LogP contribution is -2.32. The van der Waals surface area contributed by atoms with Gasteiger partial charge in [-0.15, -0.1) is 0 Å². The van der Waals surface area contributed by atoms with Crippen LogP contribution in [0, 0.1) is 48.5 Å². The molecule has 74 heavy (non-hydrogen) atoms. The third kappa shape index (κ3) is 14.6. The molecular weight excluding hydrogens is 897 g/mol. The minimum atomic E-state index is -0.737. The van der Waals surface area contributed by atoms with Gasteiger partial charge in [0.1, 0.15) is 28.2 Å². The van der Waals surface area contributed by atoms with Crippen LogP contribution in [-0.4, -0.2) is 0 Å². The van der Waals surface area contributed by atoms with Gasteiger partial charge in [-0.3, -0.25) is 0 Å². The van der Waals surface area contributed by atoms with E-state index in [0.29, 0.717) is 11.8 Å².